The molecule has 2 amide bonds. The molecule has 1 fully saturated rings. The summed E-state index contributed by atoms with van der Waals surface area (Å²) in [6.07, 6.45) is 5.31. The predicted octanol–water partition coefficient (Wildman–Crippen LogP) is 1.57. The van der Waals surface area contributed by atoms with Gasteiger partial charge in [-0.1, -0.05) is 12.5 Å². The Morgan fingerprint density at radius 2 is 2.19 bits per heavy atom. The van der Waals surface area contributed by atoms with Gasteiger partial charge in [0.05, 0.1) is 5.92 Å². The first-order chi connectivity index (χ1) is 10.1. The highest BCUT2D eigenvalue weighted by Crippen LogP contribution is 2.24. The van der Waals surface area contributed by atoms with Crippen LogP contribution in [0.3, 0.4) is 0 Å². The van der Waals surface area contributed by atoms with E-state index in [9.17, 15) is 9.59 Å². The van der Waals surface area contributed by atoms with Crippen molar-refractivity contribution in [3.63, 3.8) is 0 Å². The van der Waals surface area contributed by atoms with Gasteiger partial charge in [0.15, 0.2) is 0 Å². The summed E-state index contributed by atoms with van der Waals surface area (Å²) in [6, 6.07) is 5.40. The average molecular weight is 291 g/mol. The van der Waals surface area contributed by atoms with Crippen LogP contribution in [0.25, 0.3) is 0 Å². The van der Waals surface area contributed by atoms with E-state index in [1.54, 1.807) is 6.20 Å². The quantitative estimate of drug-likeness (QED) is 0.768. The van der Waals surface area contributed by atoms with E-state index in [-0.39, 0.29) is 18.0 Å². The van der Waals surface area contributed by atoms with Crippen molar-refractivity contribution in [2.24, 2.45) is 5.92 Å². The number of nitrogens with zero attached hydrogens (tertiary/aromatic N) is 1. The molecule has 1 aromatic rings. The molecule has 2 atom stereocenters. The lowest BCUT2D eigenvalue weighted by Crippen LogP contribution is -2.45. The number of carbonyl (C=O) groups excluding carboxylic acids is 1. The first kappa shape index (κ1) is 15.3. The molecule has 1 heterocycles. The van der Waals surface area contributed by atoms with Gasteiger partial charge in [0.2, 0.25) is 0 Å². The molecule has 0 bridgehead atoms. The molecule has 1 aliphatic carbocycles. The number of carbonyl (C=O) groups is 2. The van der Waals surface area contributed by atoms with E-state index >= 15 is 0 Å². The van der Waals surface area contributed by atoms with Crippen LogP contribution in [0.2, 0.25) is 0 Å². The summed E-state index contributed by atoms with van der Waals surface area (Å²) >= 11 is 0. The Morgan fingerprint density at radius 3 is 2.90 bits per heavy atom. The number of nitrogens with one attached hydrogen (secondary N) is 2. The van der Waals surface area contributed by atoms with Gasteiger partial charge in [0, 0.05) is 30.9 Å². The molecule has 6 heteroatoms. The van der Waals surface area contributed by atoms with Crippen LogP contribution in [0.1, 0.15) is 31.4 Å². The van der Waals surface area contributed by atoms with Crippen LogP contribution in [0.5, 0.6) is 0 Å². The molecule has 1 saturated carbocycles. The number of carboxylic acid groups (broad SMARTS) is 1. The first-order valence-corrected chi connectivity index (χ1v) is 7.32. The van der Waals surface area contributed by atoms with Gasteiger partial charge >= 0.3 is 12.0 Å². The Morgan fingerprint density at radius 1 is 1.33 bits per heavy atom. The molecule has 2 unspecified atom stereocenters. The van der Waals surface area contributed by atoms with Crippen molar-refractivity contribution in [3.05, 3.63) is 30.1 Å². The topological polar surface area (TPSA) is 91.3 Å². The summed E-state index contributed by atoms with van der Waals surface area (Å²) in [5, 5.41) is 14.7. The molecule has 0 aliphatic heterocycles. The molecule has 0 radical (unpaired) electrons. The van der Waals surface area contributed by atoms with E-state index < -0.39 is 5.97 Å². The lowest BCUT2D eigenvalue weighted by Gasteiger charge is -2.27. The average Bonchev–Trinajstić information content (AvgIpc) is 2.48. The van der Waals surface area contributed by atoms with E-state index in [1.165, 1.54) is 0 Å². The van der Waals surface area contributed by atoms with Crippen LogP contribution in [-0.4, -0.2) is 34.7 Å². The number of urea groups is 1. The molecule has 0 saturated heterocycles. The molecule has 0 spiro atoms. The second kappa shape index (κ2) is 7.61. The molecule has 0 aromatic carbocycles. The van der Waals surface area contributed by atoms with Crippen molar-refractivity contribution < 1.29 is 14.7 Å². The number of amides is 2. The third kappa shape index (κ3) is 5.06. The van der Waals surface area contributed by atoms with Crippen molar-refractivity contribution in [3.8, 4) is 0 Å². The Bertz CT molecular complexity index is 478. The van der Waals surface area contributed by atoms with Crippen LogP contribution in [-0.2, 0) is 11.2 Å². The predicted molar refractivity (Wildman–Crippen MR) is 77.9 cm³/mol. The van der Waals surface area contributed by atoms with Gasteiger partial charge in [0.1, 0.15) is 0 Å². The second-order valence-electron chi connectivity index (χ2n) is 5.37. The molecular weight excluding hydrogens is 270 g/mol. The summed E-state index contributed by atoms with van der Waals surface area (Å²) in [7, 11) is 0. The fourth-order valence-corrected chi connectivity index (χ4v) is 2.63. The van der Waals surface area contributed by atoms with E-state index in [1.807, 2.05) is 18.2 Å². The zero-order valence-corrected chi connectivity index (χ0v) is 11.9. The van der Waals surface area contributed by atoms with Crippen LogP contribution in [0.4, 0.5) is 4.79 Å². The largest absolute Gasteiger partial charge is 0.481 e. The van der Waals surface area contributed by atoms with Crippen LogP contribution >= 0.6 is 0 Å². The van der Waals surface area contributed by atoms with Crippen molar-refractivity contribution in [1.82, 2.24) is 15.6 Å². The molecule has 21 heavy (non-hydrogen) atoms. The lowest BCUT2D eigenvalue weighted by molar-refractivity contribution is -0.143. The zero-order chi connectivity index (χ0) is 15.1. The Balaban J connectivity index is 1.68. The molecule has 2 rings (SSSR count). The van der Waals surface area contributed by atoms with Crippen LogP contribution in [0.15, 0.2) is 24.4 Å². The highest BCUT2D eigenvalue weighted by molar-refractivity contribution is 5.74. The van der Waals surface area contributed by atoms with Crippen LogP contribution < -0.4 is 10.6 Å². The number of aliphatic carboxylic acids is 1. The fraction of sp³-hybridized carbons (Fsp3) is 0.533. The zero-order valence-electron chi connectivity index (χ0n) is 11.9. The van der Waals surface area contributed by atoms with Gasteiger partial charge in [-0.25, -0.2) is 4.79 Å². The van der Waals surface area contributed by atoms with Crippen molar-refractivity contribution in [2.75, 3.05) is 6.54 Å². The highest BCUT2D eigenvalue weighted by Gasteiger charge is 2.27. The van der Waals surface area contributed by atoms with Gasteiger partial charge in [-0.05, 0) is 31.4 Å². The van der Waals surface area contributed by atoms with E-state index in [0.717, 1.165) is 18.5 Å². The molecule has 3 N–H and O–H groups in total. The third-order valence-electron chi connectivity index (χ3n) is 3.75. The maximum absolute atomic E-state index is 11.8. The van der Waals surface area contributed by atoms with E-state index in [2.05, 4.69) is 15.6 Å². The summed E-state index contributed by atoms with van der Waals surface area (Å²) in [4.78, 5) is 27.0. The Kier molecular flexibility index (Phi) is 5.54. The molecule has 114 valence electrons. The normalized spacial score (nSPS) is 21.5. The summed E-state index contributed by atoms with van der Waals surface area (Å²) in [6.45, 7) is 0.512. The van der Waals surface area contributed by atoms with Gasteiger partial charge in [-0.15, -0.1) is 0 Å². The van der Waals surface area contributed by atoms with Crippen molar-refractivity contribution in [1.29, 1.82) is 0 Å². The Labute approximate surface area is 124 Å². The fourth-order valence-electron chi connectivity index (χ4n) is 2.63. The first-order valence-electron chi connectivity index (χ1n) is 7.32. The molecule has 1 aromatic heterocycles. The standard InChI is InChI=1S/C15H21N3O3/c19-14(20)11-4-3-6-13(10-11)18-15(21)17-9-7-12-5-1-2-8-16-12/h1-2,5,8,11,13H,3-4,6-7,9-10H2,(H,19,20)(H2,17,18,21). The van der Waals surface area contributed by atoms with Gasteiger partial charge in [0.25, 0.3) is 0 Å². The monoisotopic (exact) mass is 291 g/mol. The van der Waals surface area contributed by atoms with Crippen molar-refractivity contribution >= 4 is 12.0 Å². The number of hydrogen-bond donors (Lipinski definition) is 3. The highest BCUT2D eigenvalue weighted by atomic mass is 16.4. The number of pyridine rings is 1. The van der Waals surface area contributed by atoms with Gasteiger partial charge in [-0.3, -0.25) is 9.78 Å². The van der Waals surface area contributed by atoms with E-state index in [0.29, 0.717) is 25.8 Å². The summed E-state index contributed by atoms with van der Waals surface area (Å²) < 4.78 is 0. The molecular formula is C15H21N3O3. The maximum Gasteiger partial charge on any atom is 0.315 e. The minimum absolute atomic E-state index is 0.0466. The lowest BCUT2D eigenvalue weighted by atomic mass is 9.86. The number of hydrogen-bond acceptors (Lipinski definition) is 3. The molecule has 6 nitrogen and oxygen atoms in total. The smallest absolute Gasteiger partial charge is 0.315 e. The minimum atomic E-state index is -0.767. The number of rotatable bonds is 5. The van der Waals surface area contributed by atoms with Gasteiger partial charge < -0.3 is 15.7 Å². The SMILES string of the molecule is O=C(NCCc1ccccn1)NC1CCCC(C(=O)O)C1. The van der Waals surface area contributed by atoms with Gasteiger partial charge in [-0.2, -0.15) is 0 Å². The number of aromatic nitrogens is 1. The maximum atomic E-state index is 11.8. The second-order valence-corrected chi connectivity index (χ2v) is 5.37. The third-order valence-corrected chi connectivity index (χ3v) is 3.75. The summed E-state index contributed by atoms with van der Waals surface area (Å²) in [5.41, 5.74) is 0.932. The number of carboxylic acids is 1. The summed E-state index contributed by atoms with van der Waals surface area (Å²) in [5.74, 6) is -1.10. The molecule has 1 aliphatic rings. The Hall–Kier alpha value is -2.11. The minimum Gasteiger partial charge on any atom is -0.481 e. The van der Waals surface area contributed by atoms with E-state index in [4.69, 9.17) is 5.11 Å². The van der Waals surface area contributed by atoms with Crippen molar-refractivity contribution in [2.45, 2.75) is 38.1 Å². The van der Waals surface area contributed by atoms with Crippen LogP contribution in [0, 0.1) is 5.92 Å².